The van der Waals surface area contributed by atoms with Crippen molar-refractivity contribution in [3.8, 4) is 11.1 Å². The van der Waals surface area contributed by atoms with E-state index in [1.54, 1.807) is 6.33 Å². The number of nitrogens with zero attached hydrogens (tertiary/aromatic N) is 1. The molecule has 5 heteroatoms. The fourth-order valence-corrected chi connectivity index (χ4v) is 4.34. The highest BCUT2D eigenvalue weighted by Gasteiger charge is 2.22. The standard InChI is InChI=1S/C24H21F2N3/c1-14-19(6-7-23-24(14)29-13-28-23)17-10-21(25)20(22(26)11-17)12-27-18-8-15-4-2-3-5-16(15)9-18/h2-7,10-11,13,18,27H,8-9,12H2,1H3,(H,28,29). The van der Waals surface area contributed by atoms with Crippen molar-refractivity contribution < 1.29 is 8.78 Å². The van der Waals surface area contributed by atoms with Gasteiger partial charge < -0.3 is 10.3 Å². The highest BCUT2D eigenvalue weighted by atomic mass is 19.1. The van der Waals surface area contributed by atoms with Crippen molar-refractivity contribution in [2.45, 2.75) is 32.4 Å². The highest BCUT2D eigenvalue weighted by Crippen LogP contribution is 2.31. The largest absolute Gasteiger partial charge is 0.345 e. The summed E-state index contributed by atoms with van der Waals surface area (Å²) in [5.74, 6) is -1.05. The van der Waals surface area contributed by atoms with E-state index in [1.165, 1.54) is 23.3 Å². The summed E-state index contributed by atoms with van der Waals surface area (Å²) >= 11 is 0. The van der Waals surface area contributed by atoms with Gasteiger partial charge in [0, 0.05) is 18.2 Å². The van der Waals surface area contributed by atoms with Gasteiger partial charge in [0.05, 0.1) is 17.4 Å². The van der Waals surface area contributed by atoms with E-state index in [4.69, 9.17) is 0 Å². The molecular formula is C24H21F2N3. The molecule has 4 aromatic rings. The number of imidazole rings is 1. The predicted molar refractivity (Wildman–Crippen MR) is 111 cm³/mol. The minimum Gasteiger partial charge on any atom is -0.345 e. The third kappa shape index (κ3) is 3.21. The van der Waals surface area contributed by atoms with E-state index in [0.29, 0.717) is 5.56 Å². The molecule has 1 aliphatic rings. The number of benzene rings is 3. The average Bonchev–Trinajstić information content (AvgIpc) is 3.34. The average molecular weight is 389 g/mol. The van der Waals surface area contributed by atoms with Gasteiger partial charge in [0.25, 0.3) is 0 Å². The molecular weight excluding hydrogens is 368 g/mol. The molecule has 29 heavy (non-hydrogen) atoms. The molecule has 0 bridgehead atoms. The summed E-state index contributed by atoms with van der Waals surface area (Å²) in [4.78, 5) is 7.36. The Morgan fingerprint density at radius 1 is 1.03 bits per heavy atom. The van der Waals surface area contributed by atoms with Crippen LogP contribution < -0.4 is 5.32 Å². The van der Waals surface area contributed by atoms with Crippen LogP contribution in [0.2, 0.25) is 0 Å². The quantitative estimate of drug-likeness (QED) is 0.511. The van der Waals surface area contributed by atoms with E-state index in [1.807, 2.05) is 31.2 Å². The molecule has 0 aliphatic heterocycles. The van der Waals surface area contributed by atoms with Crippen LogP contribution in [0.25, 0.3) is 22.2 Å². The Kier molecular flexibility index (Phi) is 4.40. The third-order valence-electron chi connectivity index (χ3n) is 5.92. The van der Waals surface area contributed by atoms with Crippen LogP contribution in [0.15, 0.2) is 54.9 Å². The Morgan fingerprint density at radius 3 is 2.41 bits per heavy atom. The Balaban J connectivity index is 1.38. The van der Waals surface area contributed by atoms with Gasteiger partial charge in [0.1, 0.15) is 11.6 Å². The molecule has 3 nitrogen and oxygen atoms in total. The van der Waals surface area contributed by atoms with Crippen molar-refractivity contribution in [2.75, 3.05) is 0 Å². The monoisotopic (exact) mass is 389 g/mol. The molecule has 0 unspecified atom stereocenters. The Morgan fingerprint density at radius 2 is 1.72 bits per heavy atom. The van der Waals surface area contributed by atoms with Crippen molar-refractivity contribution in [3.05, 3.63) is 88.7 Å². The van der Waals surface area contributed by atoms with E-state index in [9.17, 15) is 8.78 Å². The number of hydrogen-bond donors (Lipinski definition) is 2. The maximum absolute atomic E-state index is 14.8. The van der Waals surface area contributed by atoms with Crippen LogP contribution in [0, 0.1) is 18.6 Å². The maximum Gasteiger partial charge on any atom is 0.131 e. The molecule has 0 atom stereocenters. The summed E-state index contributed by atoms with van der Waals surface area (Å²) in [6, 6.07) is 15.1. The lowest BCUT2D eigenvalue weighted by Gasteiger charge is -2.14. The summed E-state index contributed by atoms with van der Waals surface area (Å²) in [6.45, 7) is 2.09. The second-order valence-corrected chi connectivity index (χ2v) is 7.71. The van der Waals surface area contributed by atoms with Gasteiger partial charge in [-0.2, -0.15) is 0 Å². The summed E-state index contributed by atoms with van der Waals surface area (Å²) in [5, 5.41) is 3.32. The van der Waals surface area contributed by atoms with Crippen molar-refractivity contribution in [1.29, 1.82) is 0 Å². The van der Waals surface area contributed by atoms with E-state index < -0.39 is 11.6 Å². The van der Waals surface area contributed by atoms with Gasteiger partial charge in [-0.3, -0.25) is 0 Å². The van der Waals surface area contributed by atoms with Gasteiger partial charge in [-0.15, -0.1) is 0 Å². The van der Waals surface area contributed by atoms with Crippen LogP contribution in [0.5, 0.6) is 0 Å². The number of hydrogen-bond acceptors (Lipinski definition) is 2. The first-order valence-corrected chi connectivity index (χ1v) is 9.81. The SMILES string of the molecule is Cc1c(-c2cc(F)c(CNC3Cc4ccccc4C3)c(F)c2)ccc2[nH]cnc12. The van der Waals surface area contributed by atoms with Crippen LogP contribution in [-0.2, 0) is 19.4 Å². The van der Waals surface area contributed by atoms with Crippen molar-refractivity contribution >= 4 is 11.0 Å². The molecule has 0 amide bonds. The van der Waals surface area contributed by atoms with Crippen molar-refractivity contribution in [3.63, 3.8) is 0 Å². The summed E-state index contributed by atoms with van der Waals surface area (Å²) < 4.78 is 29.6. The molecule has 0 spiro atoms. The highest BCUT2D eigenvalue weighted by molar-refractivity contribution is 5.86. The molecule has 5 rings (SSSR count). The van der Waals surface area contributed by atoms with Crippen molar-refractivity contribution in [2.24, 2.45) is 0 Å². The Bertz CT molecular complexity index is 1160. The first-order chi connectivity index (χ1) is 14.1. The van der Waals surface area contributed by atoms with Gasteiger partial charge in [-0.05, 0) is 65.8 Å². The molecule has 0 saturated carbocycles. The minimum atomic E-state index is -0.524. The molecule has 2 N–H and O–H groups in total. The Labute approximate surface area is 167 Å². The van der Waals surface area contributed by atoms with E-state index in [2.05, 4.69) is 27.4 Å². The summed E-state index contributed by atoms with van der Waals surface area (Å²) in [7, 11) is 0. The normalized spacial score (nSPS) is 13.9. The first kappa shape index (κ1) is 18.0. The predicted octanol–water partition coefficient (Wildman–Crippen LogP) is 5.07. The fraction of sp³-hybridized carbons (Fsp3) is 0.208. The molecule has 0 saturated heterocycles. The number of H-pyrrole nitrogens is 1. The first-order valence-electron chi connectivity index (χ1n) is 9.81. The number of aromatic amines is 1. The number of aromatic nitrogens is 2. The van der Waals surface area contributed by atoms with Gasteiger partial charge >= 0.3 is 0 Å². The zero-order chi connectivity index (χ0) is 20.0. The third-order valence-corrected chi connectivity index (χ3v) is 5.92. The molecule has 1 heterocycles. The maximum atomic E-state index is 14.8. The number of halogens is 2. The van der Waals surface area contributed by atoms with Crippen LogP contribution in [0.1, 0.15) is 22.3 Å². The van der Waals surface area contributed by atoms with Gasteiger partial charge in [0.15, 0.2) is 0 Å². The second-order valence-electron chi connectivity index (χ2n) is 7.71. The lowest BCUT2D eigenvalue weighted by Crippen LogP contribution is -2.29. The van der Waals surface area contributed by atoms with Gasteiger partial charge in [-0.1, -0.05) is 30.3 Å². The van der Waals surface area contributed by atoms with E-state index in [0.717, 1.165) is 35.0 Å². The lowest BCUT2D eigenvalue weighted by molar-refractivity contribution is 0.492. The van der Waals surface area contributed by atoms with E-state index in [-0.39, 0.29) is 18.2 Å². The molecule has 0 radical (unpaired) electrons. The number of nitrogens with one attached hydrogen (secondary N) is 2. The smallest absolute Gasteiger partial charge is 0.131 e. The lowest BCUT2D eigenvalue weighted by atomic mass is 9.97. The topological polar surface area (TPSA) is 40.7 Å². The van der Waals surface area contributed by atoms with Crippen molar-refractivity contribution in [1.82, 2.24) is 15.3 Å². The number of rotatable bonds is 4. The van der Waals surface area contributed by atoms with Gasteiger partial charge in [-0.25, -0.2) is 13.8 Å². The molecule has 146 valence electrons. The molecule has 3 aromatic carbocycles. The van der Waals surface area contributed by atoms with Crippen LogP contribution in [0.3, 0.4) is 0 Å². The zero-order valence-electron chi connectivity index (χ0n) is 16.1. The van der Waals surface area contributed by atoms with Crippen LogP contribution >= 0.6 is 0 Å². The van der Waals surface area contributed by atoms with E-state index >= 15 is 0 Å². The van der Waals surface area contributed by atoms with Gasteiger partial charge in [0.2, 0.25) is 0 Å². The molecule has 1 aliphatic carbocycles. The number of aryl methyl sites for hydroxylation is 1. The Hall–Kier alpha value is -3.05. The molecule has 1 aromatic heterocycles. The zero-order valence-corrected chi connectivity index (χ0v) is 16.1. The van der Waals surface area contributed by atoms with Crippen LogP contribution in [-0.4, -0.2) is 16.0 Å². The fourth-order valence-electron chi connectivity index (χ4n) is 4.34. The summed E-state index contributed by atoms with van der Waals surface area (Å²) in [5.41, 5.74) is 6.64. The van der Waals surface area contributed by atoms with Crippen LogP contribution in [0.4, 0.5) is 8.78 Å². The minimum absolute atomic E-state index is 0.0863. The summed E-state index contributed by atoms with van der Waals surface area (Å²) in [6.07, 6.45) is 3.40. The molecule has 0 fully saturated rings. The second kappa shape index (κ2) is 7.08. The number of fused-ring (bicyclic) bond motifs is 2.